The molecule has 0 saturated carbocycles. The van der Waals surface area contributed by atoms with Crippen molar-refractivity contribution < 1.29 is 9.53 Å². The fourth-order valence-corrected chi connectivity index (χ4v) is 2.34. The summed E-state index contributed by atoms with van der Waals surface area (Å²) in [5.74, 6) is 0.390. The summed E-state index contributed by atoms with van der Waals surface area (Å²) in [6.45, 7) is 6.38. The van der Waals surface area contributed by atoms with Crippen molar-refractivity contribution in [3.8, 4) is 11.8 Å². The number of aryl methyl sites for hydroxylation is 2. The third-order valence-electron chi connectivity index (χ3n) is 3.62. The van der Waals surface area contributed by atoms with Gasteiger partial charge in [-0.3, -0.25) is 9.78 Å². The first-order valence-corrected chi connectivity index (χ1v) is 7.82. The first kappa shape index (κ1) is 17.5. The van der Waals surface area contributed by atoms with Gasteiger partial charge in [-0.25, -0.2) is 0 Å². The summed E-state index contributed by atoms with van der Waals surface area (Å²) in [6.07, 6.45) is 3.49. The molecular weight excluding hydrogens is 302 g/mol. The summed E-state index contributed by atoms with van der Waals surface area (Å²) in [4.78, 5) is 16.3. The van der Waals surface area contributed by atoms with E-state index in [2.05, 4.69) is 16.4 Å². The number of nitrogens with one attached hydrogen (secondary N) is 1. The van der Waals surface area contributed by atoms with E-state index in [1.165, 1.54) is 0 Å². The topological polar surface area (TPSA) is 75.0 Å². The molecular formula is C19H21N3O2. The number of nitriles is 1. The van der Waals surface area contributed by atoms with Gasteiger partial charge in [0.05, 0.1) is 12.0 Å². The standard InChI is InChI=1S/C19H21N3O2/c1-13(9-20)10-22-19(23)17-7-14(2)18(15(3)8-17)24-12-16-5-4-6-21-11-16/h4-8,11,13H,10,12H2,1-3H3,(H,22,23). The zero-order valence-corrected chi connectivity index (χ0v) is 14.2. The van der Waals surface area contributed by atoms with Crippen LogP contribution in [0.2, 0.25) is 0 Å². The van der Waals surface area contributed by atoms with Crippen molar-refractivity contribution in [3.63, 3.8) is 0 Å². The van der Waals surface area contributed by atoms with E-state index in [4.69, 9.17) is 10.00 Å². The van der Waals surface area contributed by atoms with Crippen molar-refractivity contribution in [2.24, 2.45) is 5.92 Å². The molecule has 24 heavy (non-hydrogen) atoms. The van der Waals surface area contributed by atoms with Gasteiger partial charge in [0.1, 0.15) is 12.4 Å². The van der Waals surface area contributed by atoms with Crippen LogP contribution in [0.1, 0.15) is 34.0 Å². The van der Waals surface area contributed by atoms with Gasteiger partial charge < -0.3 is 10.1 Å². The van der Waals surface area contributed by atoms with Crippen molar-refractivity contribution in [2.45, 2.75) is 27.4 Å². The molecule has 1 aromatic carbocycles. The highest BCUT2D eigenvalue weighted by atomic mass is 16.5. The van der Waals surface area contributed by atoms with E-state index in [1.54, 1.807) is 31.5 Å². The lowest BCUT2D eigenvalue weighted by Gasteiger charge is -2.14. The summed E-state index contributed by atoms with van der Waals surface area (Å²) < 4.78 is 5.89. The number of carbonyl (C=O) groups is 1. The zero-order chi connectivity index (χ0) is 17.5. The molecule has 5 heteroatoms. The number of rotatable bonds is 6. The van der Waals surface area contributed by atoms with Crippen LogP contribution < -0.4 is 10.1 Å². The average molecular weight is 323 g/mol. The van der Waals surface area contributed by atoms with E-state index in [0.29, 0.717) is 18.7 Å². The van der Waals surface area contributed by atoms with Crippen LogP contribution in [0.5, 0.6) is 5.75 Å². The highest BCUT2D eigenvalue weighted by Gasteiger charge is 2.12. The monoisotopic (exact) mass is 323 g/mol. The summed E-state index contributed by atoms with van der Waals surface area (Å²) >= 11 is 0. The van der Waals surface area contributed by atoms with Gasteiger partial charge in [-0.05, 0) is 50.1 Å². The van der Waals surface area contributed by atoms with Gasteiger partial charge in [-0.15, -0.1) is 0 Å². The van der Waals surface area contributed by atoms with E-state index in [0.717, 1.165) is 22.4 Å². The number of benzene rings is 1. The molecule has 1 amide bonds. The van der Waals surface area contributed by atoms with Crippen LogP contribution in [0, 0.1) is 31.1 Å². The Hall–Kier alpha value is -2.87. The SMILES string of the molecule is Cc1cc(C(=O)NCC(C)C#N)cc(C)c1OCc1cccnc1. The number of carbonyl (C=O) groups excluding carboxylic acids is 1. The second kappa shape index (κ2) is 8.11. The van der Waals surface area contributed by atoms with Crippen molar-refractivity contribution in [3.05, 3.63) is 58.9 Å². The van der Waals surface area contributed by atoms with Crippen molar-refractivity contribution in [1.82, 2.24) is 10.3 Å². The molecule has 1 unspecified atom stereocenters. The third kappa shape index (κ3) is 4.56. The fourth-order valence-electron chi connectivity index (χ4n) is 2.34. The largest absolute Gasteiger partial charge is 0.488 e. The first-order valence-electron chi connectivity index (χ1n) is 7.82. The molecule has 0 radical (unpaired) electrons. The van der Waals surface area contributed by atoms with E-state index in [1.807, 2.05) is 26.0 Å². The van der Waals surface area contributed by atoms with Gasteiger partial charge in [0.25, 0.3) is 5.91 Å². The van der Waals surface area contributed by atoms with Gasteiger partial charge >= 0.3 is 0 Å². The Morgan fingerprint density at radius 3 is 2.67 bits per heavy atom. The Kier molecular flexibility index (Phi) is 5.91. The van der Waals surface area contributed by atoms with Crippen LogP contribution in [0.3, 0.4) is 0 Å². The molecule has 124 valence electrons. The minimum atomic E-state index is -0.210. The minimum absolute atomic E-state index is 0.179. The lowest BCUT2D eigenvalue weighted by Crippen LogP contribution is -2.27. The number of ether oxygens (including phenoxy) is 1. The second-order valence-electron chi connectivity index (χ2n) is 5.83. The van der Waals surface area contributed by atoms with E-state index < -0.39 is 0 Å². The normalized spacial score (nSPS) is 11.4. The van der Waals surface area contributed by atoms with E-state index in [9.17, 15) is 4.79 Å². The van der Waals surface area contributed by atoms with Crippen LogP contribution in [-0.4, -0.2) is 17.4 Å². The Morgan fingerprint density at radius 2 is 2.08 bits per heavy atom. The third-order valence-corrected chi connectivity index (χ3v) is 3.62. The van der Waals surface area contributed by atoms with Crippen LogP contribution >= 0.6 is 0 Å². The summed E-state index contributed by atoms with van der Waals surface area (Å²) in [5, 5.41) is 11.5. The second-order valence-corrected chi connectivity index (χ2v) is 5.83. The molecule has 0 bridgehead atoms. The molecule has 0 saturated heterocycles. The van der Waals surface area contributed by atoms with Crippen LogP contribution in [0.25, 0.3) is 0 Å². The fraction of sp³-hybridized carbons (Fsp3) is 0.316. The lowest BCUT2D eigenvalue weighted by atomic mass is 10.0. The Bertz CT molecular complexity index is 728. The maximum Gasteiger partial charge on any atom is 0.251 e. The van der Waals surface area contributed by atoms with Crippen molar-refractivity contribution in [1.29, 1.82) is 5.26 Å². The van der Waals surface area contributed by atoms with Gasteiger partial charge in [-0.2, -0.15) is 5.26 Å². The smallest absolute Gasteiger partial charge is 0.251 e. The zero-order valence-electron chi connectivity index (χ0n) is 14.2. The molecule has 1 atom stereocenters. The lowest BCUT2D eigenvalue weighted by molar-refractivity contribution is 0.0950. The number of aromatic nitrogens is 1. The maximum atomic E-state index is 12.2. The van der Waals surface area contributed by atoms with Crippen LogP contribution in [0.4, 0.5) is 0 Å². The molecule has 0 aliphatic heterocycles. The molecule has 2 aromatic rings. The van der Waals surface area contributed by atoms with Crippen LogP contribution in [-0.2, 0) is 6.61 Å². The average Bonchev–Trinajstić information content (AvgIpc) is 2.59. The summed E-state index contributed by atoms with van der Waals surface area (Å²) in [6, 6.07) is 9.53. The number of amides is 1. The molecule has 5 nitrogen and oxygen atoms in total. The quantitative estimate of drug-likeness (QED) is 0.886. The number of pyridine rings is 1. The molecule has 0 fully saturated rings. The van der Waals surface area contributed by atoms with Crippen molar-refractivity contribution in [2.75, 3.05) is 6.54 Å². The predicted molar refractivity (Wildman–Crippen MR) is 91.6 cm³/mol. The van der Waals surface area contributed by atoms with E-state index in [-0.39, 0.29) is 11.8 Å². The maximum absolute atomic E-state index is 12.2. The molecule has 0 spiro atoms. The minimum Gasteiger partial charge on any atom is -0.488 e. The highest BCUT2D eigenvalue weighted by molar-refractivity contribution is 5.94. The molecule has 0 aliphatic carbocycles. The number of hydrogen-bond acceptors (Lipinski definition) is 4. The molecule has 1 N–H and O–H groups in total. The van der Waals surface area contributed by atoms with Gasteiger partial charge in [0, 0.05) is 30.1 Å². The Labute approximate surface area is 142 Å². The Morgan fingerprint density at radius 1 is 1.38 bits per heavy atom. The van der Waals surface area contributed by atoms with E-state index >= 15 is 0 Å². The summed E-state index contributed by atoms with van der Waals surface area (Å²) in [7, 11) is 0. The first-order chi connectivity index (χ1) is 11.5. The highest BCUT2D eigenvalue weighted by Crippen LogP contribution is 2.25. The molecule has 1 heterocycles. The molecule has 1 aromatic heterocycles. The van der Waals surface area contributed by atoms with Gasteiger partial charge in [0.15, 0.2) is 0 Å². The molecule has 0 aliphatic rings. The number of nitrogens with zero attached hydrogens (tertiary/aromatic N) is 2. The number of hydrogen-bond donors (Lipinski definition) is 1. The van der Waals surface area contributed by atoms with Crippen LogP contribution in [0.15, 0.2) is 36.7 Å². The van der Waals surface area contributed by atoms with Gasteiger partial charge in [-0.1, -0.05) is 6.07 Å². The van der Waals surface area contributed by atoms with Crippen molar-refractivity contribution >= 4 is 5.91 Å². The summed E-state index contributed by atoms with van der Waals surface area (Å²) in [5.41, 5.74) is 3.36. The molecule has 2 rings (SSSR count). The Balaban J connectivity index is 2.07. The van der Waals surface area contributed by atoms with Gasteiger partial charge in [0.2, 0.25) is 0 Å². The predicted octanol–water partition coefficient (Wildman–Crippen LogP) is 3.17.